The molecule has 0 aliphatic carbocycles. The van der Waals surface area contributed by atoms with Crippen LogP contribution < -0.4 is 4.74 Å². The molecule has 0 saturated carbocycles. The Hall–Kier alpha value is -1.20. The lowest BCUT2D eigenvalue weighted by Crippen LogP contribution is -2.00. The van der Waals surface area contributed by atoms with Crippen molar-refractivity contribution in [2.24, 2.45) is 0 Å². The van der Waals surface area contributed by atoms with E-state index < -0.39 is 6.67 Å². The lowest BCUT2D eigenvalue weighted by Gasteiger charge is -2.07. The van der Waals surface area contributed by atoms with Gasteiger partial charge in [0, 0.05) is 17.9 Å². The predicted molar refractivity (Wildman–Crippen MR) is 64.9 cm³/mol. The van der Waals surface area contributed by atoms with Gasteiger partial charge in [0.1, 0.15) is 19.0 Å². The highest BCUT2D eigenvalue weighted by Crippen LogP contribution is 2.18. The fraction of sp³-hybridized carbons (Fsp3) is 0.385. The summed E-state index contributed by atoms with van der Waals surface area (Å²) in [6.45, 7) is 1.54. The molecule has 0 fully saturated rings. The minimum Gasteiger partial charge on any atom is -0.491 e. The molecule has 1 aromatic rings. The fourth-order valence-electron chi connectivity index (χ4n) is 1.25. The third-order valence-electron chi connectivity index (χ3n) is 1.96. The van der Waals surface area contributed by atoms with E-state index in [0.717, 1.165) is 11.1 Å². The minimum atomic E-state index is -0.475. The van der Waals surface area contributed by atoms with Crippen LogP contribution in [0, 0.1) is 18.8 Å². The highest BCUT2D eigenvalue weighted by atomic mass is 35.5. The van der Waals surface area contributed by atoms with Crippen LogP contribution in [-0.4, -0.2) is 19.2 Å². The molecule has 0 saturated heterocycles. The average Bonchev–Trinajstić information content (AvgIpc) is 2.28. The Labute approximate surface area is 101 Å². The van der Waals surface area contributed by atoms with Crippen molar-refractivity contribution in [3.8, 4) is 17.6 Å². The van der Waals surface area contributed by atoms with Gasteiger partial charge in [-0.3, -0.25) is 0 Å². The third-order valence-corrected chi connectivity index (χ3v) is 2.15. The monoisotopic (exact) mass is 240 g/mol. The van der Waals surface area contributed by atoms with Crippen LogP contribution in [0.4, 0.5) is 4.39 Å². The van der Waals surface area contributed by atoms with Gasteiger partial charge in [0.15, 0.2) is 0 Å². The standard InChI is InChI=1S/C13H14ClFO/c1-11-10-12(4-2-3-7-14)5-6-13(11)16-9-8-15/h5-6,10H,3,7-9H2,1H3. The number of ether oxygens (including phenoxy) is 1. The fourth-order valence-corrected chi connectivity index (χ4v) is 1.34. The number of aryl methyl sites for hydroxylation is 1. The summed E-state index contributed by atoms with van der Waals surface area (Å²) < 4.78 is 17.2. The van der Waals surface area contributed by atoms with E-state index in [9.17, 15) is 4.39 Å². The summed E-state index contributed by atoms with van der Waals surface area (Å²) in [5.41, 5.74) is 1.89. The smallest absolute Gasteiger partial charge is 0.123 e. The lowest BCUT2D eigenvalue weighted by molar-refractivity contribution is 0.272. The maximum atomic E-state index is 11.9. The van der Waals surface area contributed by atoms with Gasteiger partial charge >= 0.3 is 0 Å². The quantitative estimate of drug-likeness (QED) is 0.580. The number of rotatable bonds is 4. The van der Waals surface area contributed by atoms with Crippen molar-refractivity contribution in [2.75, 3.05) is 19.2 Å². The molecule has 3 heteroatoms. The zero-order chi connectivity index (χ0) is 11.8. The van der Waals surface area contributed by atoms with Gasteiger partial charge in [-0.1, -0.05) is 11.8 Å². The molecule has 0 radical (unpaired) electrons. The van der Waals surface area contributed by atoms with Crippen LogP contribution in [0.15, 0.2) is 18.2 Å². The zero-order valence-corrected chi connectivity index (χ0v) is 9.98. The van der Waals surface area contributed by atoms with Gasteiger partial charge < -0.3 is 4.74 Å². The number of halogens is 2. The van der Waals surface area contributed by atoms with E-state index in [0.29, 0.717) is 18.1 Å². The highest BCUT2D eigenvalue weighted by molar-refractivity contribution is 6.18. The van der Waals surface area contributed by atoms with Crippen molar-refractivity contribution in [3.05, 3.63) is 29.3 Å². The maximum absolute atomic E-state index is 11.9. The van der Waals surface area contributed by atoms with Crippen molar-refractivity contribution in [2.45, 2.75) is 13.3 Å². The van der Waals surface area contributed by atoms with Crippen molar-refractivity contribution >= 4 is 11.6 Å². The summed E-state index contributed by atoms with van der Waals surface area (Å²) in [6.07, 6.45) is 0.681. The number of hydrogen-bond acceptors (Lipinski definition) is 1. The summed E-state index contributed by atoms with van der Waals surface area (Å²) in [7, 11) is 0. The van der Waals surface area contributed by atoms with E-state index in [2.05, 4.69) is 11.8 Å². The van der Waals surface area contributed by atoms with Crippen LogP contribution in [0.5, 0.6) is 5.75 Å². The number of benzene rings is 1. The first kappa shape index (κ1) is 12.9. The first-order valence-corrected chi connectivity index (χ1v) is 5.65. The molecule has 0 spiro atoms. The Morgan fingerprint density at radius 2 is 2.25 bits per heavy atom. The molecule has 16 heavy (non-hydrogen) atoms. The zero-order valence-electron chi connectivity index (χ0n) is 9.22. The van der Waals surface area contributed by atoms with Crippen LogP contribution in [0.2, 0.25) is 0 Å². The van der Waals surface area contributed by atoms with Crippen molar-refractivity contribution in [1.29, 1.82) is 0 Å². The molecule has 0 heterocycles. The van der Waals surface area contributed by atoms with Crippen LogP contribution in [0.25, 0.3) is 0 Å². The van der Waals surface area contributed by atoms with E-state index in [-0.39, 0.29) is 6.61 Å². The second-order valence-electron chi connectivity index (χ2n) is 3.26. The Morgan fingerprint density at radius 3 is 2.88 bits per heavy atom. The summed E-state index contributed by atoms with van der Waals surface area (Å²) in [5.74, 6) is 7.22. The SMILES string of the molecule is Cc1cc(C#CCCCl)ccc1OCCF. The van der Waals surface area contributed by atoms with Crippen LogP contribution in [-0.2, 0) is 0 Å². The molecule has 1 nitrogen and oxygen atoms in total. The second kappa shape index (κ2) is 7.14. The Balaban J connectivity index is 2.71. The Morgan fingerprint density at radius 1 is 1.44 bits per heavy atom. The molecule has 0 bridgehead atoms. The molecule has 0 atom stereocenters. The van der Waals surface area contributed by atoms with Gasteiger partial charge in [0.05, 0.1) is 0 Å². The van der Waals surface area contributed by atoms with Crippen LogP contribution in [0.3, 0.4) is 0 Å². The Kier molecular flexibility index (Phi) is 5.74. The largest absolute Gasteiger partial charge is 0.491 e. The molecule has 0 N–H and O–H groups in total. The van der Waals surface area contributed by atoms with Gasteiger partial charge in [0.25, 0.3) is 0 Å². The topological polar surface area (TPSA) is 9.23 Å². The van der Waals surface area contributed by atoms with Gasteiger partial charge in [-0.25, -0.2) is 4.39 Å². The van der Waals surface area contributed by atoms with E-state index in [1.54, 1.807) is 0 Å². The third kappa shape index (κ3) is 4.12. The average molecular weight is 241 g/mol. The van der Waals surface area contributed by atoms with Gasteiger partial charge in [-0.05, 0) is 30.7 Å². The van der Waals surface area contributed by atoms with Gasteiger partial charge in [0.2, 0.25) is 0 Å². The summed E-state index contributed by atoms with van der Waals surface area (Å²) in [6, 6.07) is 5.60. The Bertz CT molecular complexity index is 393. The van der Waals surface area contributed by atoms with Crippen LogP contribution >= 0.6 is 11.6 Å². The molecule has 0 aromatic heterocycles. The summed E-state index contributed by atoms with van der Waals surface area (Å²) in [5, 5.41) is 0. The molecular weight excluding hydrogens is 227 g/mol. The van der Waals surface area contributed by atoms with Crippen molar-refractivity contribution in [1.82, 2.24) is 0 Å². The first-order chi connectivity index (χ1) is 7.77. The first-order valence-electron chi connectivity index (χ1n) is 5.12. The lowest BCUT2D eigenvalue weighted by atomic mass is 10.1. The molecule has 1 aromatic carbocycles. The highest BCUT2D eigenvalue weighted by Gasteiger charge is 1.99. The molecule has 1 rings (SSSR count). The molecule has 0 amide bonds. The molecular formula is C13H14ClFO. The van der Waals surface area contributed by atoms with E-state index in [1.165, 1.54) is 0 Å². The van der Waals surface area contributed by atoms with E-state index >= 15 is 0 Å². The van der Waals surface area contributed by atoms with Crippen LogP contribution in [0.1, 0.15) is 17.5 Å². The number of alkyl halides is 2. The maximum Gasteiger partial charge on any atom is 0.123 e. The van der Waals surface area contributed by atoms with Gasteiger partial charge in [-0.2, -0.15) is 0 Å². The molecule has 0 unspecified atom stereocenters. The van der Waals surface area contributed by atoms with Crippen molar-refractivity contribution < 1.29 is 9.13 Å². The molecule has 0 aliphatic heterocycles. The second-order valence-corrected chi connectivity index (χ2v) is 3.64. The van der Waals surface area contributed by atoms with E-state index in [4.69, 9.17) is 16.3 Å². The summed E-state index contributed by atoms with van der Waals surface area (Å²) >= 11 is 5.52. The summed E-state index contributed by atoms with van der Waals surface area (Å²) in [4.78, 5) is 0. The van der Waals surface area contributed by atoms with Gasteiger partial charge in [-0.15, -0.1) is 11.6 Å². The minimum absolute atomic E-state index is 0.0954. The molecule has 0 aliphatic rings. The predicted octanol–water partition coefficient (Wildman–Crippen LogP) is 3.32. The normalized spacial score (nSPS) is 9.44. The number of hydrogen-bond donors (Lipinski definition) is 0. The van der Waals surface area contributed by atoms with E-state index in [1.807, 2.05) is 25.1 Å². The molecule has 86 valence electrons. The van der Waals surface area contributed by atoms with Crippen molar-refractivity contribution in [3.63, 3.8) is 0 Å².